The molecule has 152 valence electrons. The molecule has 2 aliphatic heterocycles. The fraction of sp³-hybridized carbons (Fsp3) is 0.571. The van der Waals surface area contributed by atoms with Gasteiger partial charge in [0.15, 0.2) is 0 Å². The highest BCUT2D eigenvalue weighted by Crippen LogP contribution is 2.20. The maximum Gasteiger partial charge on any atom is 0.321 e. The molecule has 7 heteroatoms. The smallest absolute Gasteiger partial charge is 0.321 e. The molecule has 1 unspecified atom stereocenters. The van der Waals surface area contributed by atoms with Gasteiger partial charge in [-0.2, -0.15) is 0 Å². The third-order valence-electron chi connectivity index (χ3n) is 5.47. The molecule has 4 amide bonds. The quantitative estimate of drug-likeness (QED) is 0.866. The highest BCUT2D eigenvalue weighted by atomic mass is 16.2. The predicted octanol–water partition coefficient (Wildman–Crippen LogP) is 2.24. The van der Waals surface area contributed by atoms with Crippen molar-refractivity contribution in [3.05, 3.63) is 29.3 Å². The van der Waals surface area contributed by atoms with E-state index >= 15 is 0 Å². The van der Waals surface area contributed by atoms with Crippen LogP contribution in [0.5, 0.6) is 0 Å². The summed E-state index contributed by atoms with van der Waals surface area (Å²) in [5.74, 6) is 0.208. The van der Waals surface area contributed by atoms with Crippen LogP contribution in [-0.2, 0) is 9.59 Å². The molecule has 0 radical (unpaired) electrons. The number of fused-ring (bicyclic) bond motifs is 1. The van der Waals surface area contributed by atoms with Gasteiger partial charge in [0.1, 0.15) is 6.04 Å². The second-order valence-corrected chi connectivity index (χ2v) is 8.24. The Labute approximate surface area is 166 Å². The lowest BCUT2D eigenvalue weighted by Crippen LogP contribution is -2.62. The molecule has 1 aromatic rings. The number of nitrogens with one attached hydrogen (secondary N) is 1. The number of nitrogens with zero attached hydrogens (tertiary/aromatic N) is 3. The van der Waals surface area contributed by atoms with Crippen LogP contribution in [0.25, 0.3) is 0 Å². The van der Waals surface area contributed by atoms with Gasteiger partial charge < -0.3 is 20.0 Å². The van der Waals surface area contributed by atoms with E-state index in [1.54, 1.807) is 14.7 Å². The Balaban J connectivity index is 1.73. The lowest BCUT2D eigenvalue weighted by Gasteiger charge is -2.40. The molecule has 2 heterocycles. The lowest BCUT2D eigenvalue weighted by atomic mass is 10.1. The van der Waals surface area contributed by atoms with Crippen LogP contribution in [0.4, 0.5) is 10.5 Å². The molecule has 1 aromatic carbocycles. The summed E-state index contributed by atoms with van der Waals surface area (Å²) >= 11 is 0. The first-order valence-electron chi connectivity index (χ1n) is 9.97. The summed E-state index contributed by atoms with van der Waals surface area (Å²) in [4.78, 5) is 43.3. The van der Waals surface area contributed by atoms with Gasteiger partial charge in [-0.1, -0.05) is 19.9 Å². The minimum absolute atomic E-state index is 0.0262. The number of benzene rings is 1. The Kier molecular flexibility index (Phi) is 5.91. The maximum absolute atomic E-state index is 13.0. The van der Waals surface area contributed by atoms with Gasteiger partial charge in [0, 0.05) is 25.3 Å². The van der Waals surface area contributed by atoms with Gasteiger partial charge in [0.05, 0.1) is 13.1 Å². The van der Waals surface area contributed by atoms with Crippen LogP contribution in [0.1, 0.15) is 31.4 Å². The largest absolute Gasteiger partial charge is 0.331 e. The molecule has 0 saturated carbocycles. The third kappa shape index (κ3) is 4.29. The van der Waals surface area contributed by atoms with Gasteiger partial charge in [-0.3, -0.25) is 9.59 Å². The number of carbonyl (C=O) groups excluding carboxylic acids is 3. The number of urea groups is 1. The van der Waals surface area contributed by atoms with E-state index in [2.05, 4.69) is 5.32 Å². The summed E-state index contributed by atoms with van der Waals surface area (Å²) in [6, 6.07) is 4.97. The molecule has 0 bridgehead atoms. The van der Waals surface area contributed by atoms with Crippen LogP contribution < -0.4 is 5.32 Å². The van der Waals surface area contributed by atoms with E-state index in [9.17, 15) is 14.4 Å². The van der Waals surface area contributed by atoms with Gasteiger partial charge in [-0.05, 0) is 49.4 Å². The van der Waals surface area contributed by atoms with Gasteiger partial charge in [0.2, 0.25) is 11.8 Å². The number of anilines is 1. The number of hydrogen-bond acceptors (Lipinski definition) is 3. The summed E-state index contributed by atoms with van der Waals surface area (Å²) in [6.07, 6.45) is 0.667. The summed E-state index contributed by atoms with van der Waals surface area (Å²) in [7, 11) is 0. The molecule has 0 aromatic heterocycles. The minimum atomic E-state index is -0.590. The van der Waals surface area contributed by atoms with Crippen molar-refractivity contribution in [3.63, 3.8) is 0 Å². The molecule has 1 atom stereocenters. The monoisotopic (exact) mass is 386 g/mol. The van der Waals surface area contributed by atoms with Crippen molar-refractivity contribution in [2.75, 3.05) is 38.0 Å². The van der Waals surface area contributed by atoms with Crippen molar-refractivity contribution in [2.45, 2.75) is 40.2 Å². The van der Waals surface area contributed by atoms with Crippen molar-refractivity contribution >= 4 is 23.5 Å². The topological polar surface area (TPSA) is 73.0 Å². The van der Waals surface area contributed by atoms with Crippen molar-refractivity contribution in [1.82, 2.24) is 14.7 Å². The number of piperazine rings is 1. The molecule has 2 saturated heterocycles. The molecule has 28 heavy (non-hydrogen) atoms. The molecular weight excluding hydrogens is 356 g/mol. The van der Waals surface area contributed by atoms with Gasteiger partial charge in [-0.15, -0.1) is 0 Å². The SMILES string of the molecule is Cc1ccc(NC(=O)N2CCCN3C(=O)CN(CC(C)C)C(=O)C3C2)cc1C. The lowest BCUT2D eigenvalue weighted by molar-refractivity contribution is -0.156. The Morgan fingerprint density at radius 1 is 1.18 bits per heavy atom. The highest BCUT2D eigenvalue weighted by molar-refractivity contribution is 5.96. The summed E-state index contributed by atoms with van der Waals surface area (Å²) < 4.78 is 0. The predicted molar refractivity (Wildman–Crippen MR) is 108 cm³/mol. The third-order valence-corrected chi connectivity index (χ3v) is 5.47. The number of aryl methyl sites for hydroxylation is 2. The zero-order chi connectivity index (χ0) is 20.4. The number of amides is 4. The van der Waals surface area contributed by atoms with Crippen molar-refractivity contribution in [2.24, 2.45) is 5.92 Å². The van der Waals surface area contributed by atoms with Gasteiger partial charge in [-0.25, -0.2) is 4.79 Å². The van der Waals surface area contributed by atoms with E-state index in [0.717, 1.165) is 11.3 Å². The molecule has 7 nitrogen and oxygen atoms in total. The van der Waals surface area contributed by atoms with Crippen molar-refractivity contribution < 1.29 is 14.4 Å². The van der Waals surface area contributed by atoms with Crippen LogP contribution in [-0.4, -0.2) is 71.3 Å². The minimum Gasteiger partial charge on any atom is -0.331 e. The molecule has 1 N–H and O–H groups in total. The average Bonchev–Trinajstić information content (AvgIpc) is 2.86. The fourth-order valence-corrected chi connectivity index (χ4v) is 3.84. The molecule has 2 fully saturated rings. The van der Waals surface area contributed by atoms with Crippen LogP contribution in [0.15, 0.2) is 18.2 Å². The van der Waals surface area contributed by atoms with Crippen LogP contribution >= 0.6 is 0 Å². The van der Waals surface area contributed by atoms with Crippen LogP contribution in [0.3, 0.4) is 0 Å². The first-order chi connectivity index (χ1) is 13.3. The normalized spacial score (nSPS) is 20.3. The Morgan fingerprint density at radius 3 is 2.61 bits per heavy atom. The number of hydrogen-bond donors (Lipinski definition) is 1. The zero-order valence-corrected chi connectivity index (χ0v) is 17.2. The van der Waals surface area contributed by atoms with E-state index < -0.39 is 6.04 Å². The van der Waals surface area contributed by atoms with E-state index in [0.29, 0.717) is 32.0 Å². The maximum atomic E-state index is 13.0. The molecule has 0 spiro atoms. The van der Waals surface area contributed by atoms with Crippen LogP contribution in [0.2, 0.25) is 0 Å². The Hall–Kier alpha value is -2.57. The van der Waals surface area contributed by atoms with Crippen LogP contribution in [0, 0.1) is 19.8 Å². The summed E-state index contributed by atoms with van der Waals surface area (Å²) in [5, 5.41) is 2.93. The fourth-order valence-electron chi connectivity index (χ4n) is 3.84. The Morgan fingerprint density at radius 2 is 1.93 bits per heavy atom. The van der Waals surface area contributed by atoms with Crippen molar-refractivity contribution in [3.8, 4) is 0 Å². The Bertz CT molecular complexity index is 777. The van der Waals surface area contributed by atoms with Gasteiger partial charge in [0.25, 0.3) is 0 Å². The van der Waals surface area contributed by atoms with E-state index in [1.165, 1.54) is 5.56 Å². The molecule has 0 aliphatic carbocycles. The molecule has 2 aliphatic rings. The van der Waals surface area contributed by atoms with Gasteiger partial charge >= 0.3 is 6.03 Å². The highest BCUT2D eigenvalue weighted by Gasteiger charge is 2.42. The number of carbonyl (C=O) groups is 3. The van der Waals surface area contributed by atoms with E-state index in [4.69, 9.17) is 0 Å². The van der Waals surface area contributed by atoms with E-state index in [1.807, 2.05) is 45.9 Å². The number of rotatable bonds is 3. The van der Waals surface area contributed by atoms with Crippen molar-refractivity contribution in [1.29, 1.82) is 0 Å². The first-order valence-corrected chi connectivity index (χ1v) is 9.97. The summed E-state index contributed by atoms with van der Waals surface area (Å²) in [5.41, 5.74) is 3.01. The standard InChI is InChI=1S/C21H30N4O3/c1-14(2)11-24-13-19(26)25-9-5-8-23(12-18(25)20(24)27)21(28)22-17-7-6-15(3)16(4)10-17/h6-7,10,14,18H,5,8-9,11-13H2,1-4H3,(H,22,28). The molecular formula is C21H30N4O3. The zero-order valence-electron chi connectivity index (χ0n) is 17.2. The second-order valence-electron chi connectivity index (χ2n) is 8.24. The second kappa shape index (κ2) is 8.20. The van der Waals surface area contributed by atoms with E-state index in [-0.39, 0.29) is 30.9 Å². The first kappa shape index (κ1) is 20.2. The molecule has 3 rings (SSSR count). The summed E-state index contributed by atoms with van der Waals surface area (Å²) in [6.45, 7) is 10.1. The average molecular weight is 386 g/mol.